The third-order valence-electron chi connectivity index (χ3n) is 3.03. The molecule has 1 rings (SSSR count). The van der Waals surface area contributed by atoms with Crippen molar-refractivity contribution in [2.75, 3.05) is 17.6 Å². The van der Waals surface area contributed by atoms with Crippen LogP contribution in [0.1, 0.15) is 29.0 Å². The fourth-order valence-corrected chi connectivity index (χ4v) is 1.88. The van der Waals surface area contributed by atoms with Gasteiger partial charge in [-0.3, -0.25) is 15.0 Å². The lowest BCUT2D eigenvalue weighted by molar-refractivity contribution is -0.121. The number of nitrogens with one attached hydrogen (secondary N) is 4. The van der Waals surface area contributed by atoms with E-state index in [2.05, 4.69) is 25.9 Å². The molecule has 1 heterocycles. The van der Waals surface area contributed by atoms with E-state index in [-0.39, 0.29) is 35.9 Å². The Morgan fingerprint density at radius 1 is 1.26 bits per heavy atom. The van der Waals surface area contributed by atoms with Crippen molar-refractivity contribution < 1.29 is 19.2 Å². The van der Waals surface area contributed by atoms with Gasteiger partial charge in [0, 0.05) is 18.9 Å². The Kier molecular flexibility index (Phi) is 7.79. The highest BCUT2D eigenvalue weighted by atomic mass is 16.2. The second kappa shape index (κ2) is 10.0. The first-order chi connectivity index (χ1) is 12.8. The number of nitrogens with zero attached hydrogens (tertiary/aromatic N) is 3. The molecule has 0 saturated carbocycles. The number of nitrogens with two attached hydrogens (primary N) is 2. The standard InChI is InChI=1S/C14H17N9O4/c15-5-8-12(23-14(17)18)22-10(11(16)21-8)13(27)19-6-9(26)20-7(1-3-24)2-4-25/h3-4,7H,1-2,6H2,(H2,16,21)(H,19,27)(H,20,26)(H4,17,18,22,23). The molecular weight excluding hydrogens is 358 g/mol. The van der Waals surface area contributed by atoms with E-state index in [0.29, 0.717) is 12.6 Å². The normalized spacial score (nSPS) is 9.78. The summed E-state index contributed by atoms with van der Waals surface area (Å²) in [5, 5.41) is 23.0. The number of nitriles is 1. The van der Waals surface area contributed by atoms with Crippen LogP contribution >= 0.6 is 0 Å². The molecular formula is C14H17N9O4. The van der Waals surface area contributed by atoms with E-state index in [1.54, 1.807) is 6.07 Å². The molecule has 142 valence electrons. The number of hydrogen-bond donors (Lipinski definition) is 6. The molecule has 1 aromatic rings. The summed E-state index contributed by atoms with van der Waals surface area (Å²) in [5.41, 5.74) is 10.1. The zero-order valence-electron chi connectivity index (χ0n) is 14.0. The molecule has 0 bridgehead atoms. The average Bonchev–Trinajstić information content (AvgIpc) is 2.60. The van der Waals surface area contributed by atoms with Crippen LogP contribution in [0.25, 0.3) is 0 Å². The zero-order valence-corrected chi connectivity index (χ0v) is 14.0. The molecule has 0 aromatic carbocycles. The van der Waals surface area contributed by atoms with Crippen LogP contribution in [0, 0.1) is 16.7 Å². The van der Waals surface area contributed by atoms with Gasteiger partial charge >= 0.3 is 0 Å². The average molecular weight is 375 g/mol. The van der Waals surface area contributed by atoms with E-state index in [9.17, 15) is 19.2 Å². The number of aromatic nitrogens is 2. The summed E-state index contributed by atoms with van der Waals surface area (Å²) in [6, 6.07) is 1.01. The molecule has 8 N–H and O–H groups in total. The minimum Gasteiger partial charge on any atom is -0.382 e. The predicted molar refractivity (Wildman–Crippen MR) is 92.3 cm³/mol. The van der Waals surface area contributed by atoms with Crippen molar-refractivity contribution in [1.29, 1.82) is 10.7 Å². The monoisotopic (exact) mass is 375 g/mol. The number of carbonyl (C=O) groups is 4. The van der Waals surface area contributed by atoms with Gasteiger partial charge < -0.3 is 37.0 Å². The summed E-state index contributed by atoms with van der Waals surface area (Å²) >= 11 is 0. The maximum atomic E-state index is 12.2. The first-order valence-corrected chi connectivity index (χ1v) is 7.45. The van der Waals surface area contributed by atoms with Crippen molar-refractivity contribution in [2.45, 2.75) is 18.9 Å². The van der Waals surface area contributed by atoms with Crippen LogP contribution in [0.4, 0.5) is 11.6 Å². The van der Waals surface area contributed by atoms with Gasteiger partial charge in [0.05, 0.1) is 6.54 Å². The van der Waals surface area contributed by atoms with Gasteiger partial charge in [-0.1, -0.05) is 0 Å². The lowest BCUT2D eigenvalue weighted by Gasteiger charge is -2.14. The number of guanidine groups is 1. The van der Waals surface area contributed by atoms with Crippen molar-refractivity contribution in [3.8, 4) is 6.07 Å². The molecule has 0 aliphatic carbocycles. The van der Waals surface area contributed by atoms with E-state index in [0.717, 1.165) is 0 Å². The third-order valence-corrected chi connectivity index (χ3v) is 3.03. The summed E-state index contributed by atoms with van der Waals surface area (Å²) in [6.07, 6.45) is 1.02. The molecule has 13 nitrogen and oxygen atoms in total. The summed E-state index contributed by atoms with van der Waals surface area (Å²) < 4.78 is 0. The van der Waals surface area contributed by atoms with Gasteiger partial charge in [-0.05, 0) is 0 Å². The van der Waals surface area contributed by atoms with Crippen molar-refractivity contribution in [2.24, 2.45) is 5.73 Å². The SMILES string of the molecule is N#Cc1nc(N)c(C(=O)NCC(=O)NC(CC=O)CC=O)nc1NC(=N)N. The largest absolute Gasteiger partial charge is 0.382 e. The van der Waals surface area contributed by atoms with E-state index in [1.165, 1.54) is 0 Å². The minimum absolute atomic E-state index is 0.0491. The lowest BCUT2D eigenvalue weighted by Crippen LogP contribution is -2.42. The Morgan fingerprint density at radius 2 is 1.89 bits per heavy atom. The number of aldehydes is 2. The van der Waals surface area contributed by atoms with E-state index >= 15 is 0 Å². The number of rotatable bonds is 9. The van der Waals surface area contributed by atoms with Crippen LogP contribution in [0.3, 0.4) is 0 Å². The van der Waals surface area contributed by atoms with Crippen LogP contribution in [0.2, 0.25) is 0 Å². The molecule has 0 aliphatic rings. The van der Waals surface area contributed by atoms with Gasteiger partial charge in [0.2, 0.25) is 5.91 Å². The highest BCUT2D eigenvalue weighted by molar-refractivity contribution is 5.99. The van der Waals surface area contributed by atoms with Crippen molar-refractivity contribution in [3.63, 3.8) is 0 Å². The van der Waals surface area contributed by atoms with Crippen molar-refractivity contribution in [3.05, 3.63) is 11.4 Å². The van der Waals surface area contributed by atoms with Gasteiger partial charge in [-0.25, -0.2) is 9.97 Å². The second-order valence-electron chi connectivity index (χ2n) is 5.06. The Bertz CT molecular complexity index is 793. The molecule has 1 aromatic heterocycles. The maximum Gasteiger partial charge on any atom is 0.274 e. The number of carbonyl (C=O) groups excluding carboxylic acids is 4. The van der Waals surface area contributed by atoms with Gasteiger partial charge in [0.1, 0.15) is 18.6 Å². The minimum atomic E-state index is -0.867. The topological polar surface area (TPSA) is 230 Å². The van der Waals surface area contributed by atoms with Crippen LogP contribution in [-0.4, -0.2) is 52.9 Å². The number of anilines is 2. The Hall–Kier alpha value is -4.08. The molecule has 2 amide bonds. The molecule has 0 fully saturated rings. The molecule has 0 unspecified atom stereocenters. The second-order valence-corrected chi connectivity index (χ2v) is 5.06. The Labute approximate surface area is 153 Å². The first-order valence-electron chi connectivity index (χ1n) is 7.45. The van der Waals surface area contributed by atoms with Gasteiger partial charge in [0.15, 0.2) is 29.0 Å². The number of amides is 2. The molecule has 0 saturated heterocycles. The van der Waals surface area contributed by atoms with E-state index < -0.39 is 30.4 Å². The van der Waals surface area contributed by atoms with Crippen molar-refractivity contribution >= 4 is 42.0 Å². The molecule has 0 radical (unpaired) electrons. The van der Waals surface area contributed by atoms with Gasteiger partial charge in [0.25, 0.3) is 5.91 Å². The highest BCUT2D eigenvalue weighted by Gasteiger charge is 2.19. The molecule has 13 heteroatoms. The quantitative estimate of drug-likeness (QED) is 0.152. The summed E-state index contributed by atoms with van der Waals surface area (Å²) in [5.74, 6) is -2.65. The number of nitrogen functional groups attached to an aromatic ring is 1. The van der Waals surface area contributed by atoms with Crippen molar-refractivity contribution in [1.82, 2.24) is 20.6 Å². The smallest absolute Gasteiger partial charge is 0.274 e. The predicted octanol–water partition coefficient (Wildman–Crippen LogP) is -2.37. The van der Waals surface area contributed by atoms with Gasteiger partial charge in [-0.2, -0.15) is 5.26 Å². The maximum absolute atomic E-state index is 12.2. The lowest BCUT2D eigenvalue weighted by atomic mass is 10.1. The van der Waals surface area contributed by atoms with E-state index in [1.807, 2.05) is 0 Å². The highest BCUT2D eigenvalue weighted by Crippen LogP contribution is 2.14. The number of hydrogen-bond acceptors (Lipinski definition) is 9. The molecule has 0 aliphatic heterocycles. The van der Waals surface area contributed by atoms with E-state index in [4.69, 9.17) is 22.1 Å². The van der Waals surface area contributed by atoms with Crippen LogP contribution in [0.15, 0.2) is 0 Å². The fourth-order valence-electron chi connectivity index (χ4n) is 1.88. The Balaban J connectivity index is 2.83. The van der Waals surface area contributed by atoms with Crippen LogP contribution in [0.5, 0.6) is 0 Å². The third kappa shape index (κ3) is 6.38. The fraction of sp³-hybridized carbons (Fsp3) is 0.286. The molecule has 27 heavy (non-hydrogen) atoms. The molecule has 0 spiro atoms. The van der Waals surface area contributed by atoms with Gasteiger partial charge in [-0.15, -0.1) is 0 Å². The van der Waals surface area contributed by atoms with Crippen LogP contribution in [-0.2, 0) is 14.4 Å². The molecule has 0 atom stereocenters. The first kappa shape index (κ1) is 21.0. The zero-order chi connectivity index (χ0) is 20.4. The summed E-state index contributed by atoms with van der Waals surface area (Å²) in [4.78, 5) is 52.5. The summed E-state index contributed by atoms with van der Waals surface area (Å²) in [7, 11) is 0. The Morgan fingerprint density at radius 3 is 2.41 bits per heavy atom. The summed E-state index contributed by atoms with van der Waals surface area (Å²) in [6.45, 7) is -0.483. The van der Waals surface area contributed by atoms with Crippen LogP contribution < -0.4 is 27.4 Å².